The van der Waals surface area contributed by atoms with Crippen LogP contribution in [0.25, 0.3) is 0 Å². The first-order valence-electron chi connectivity index (χ1n) is 8.57. The molecule has 1 aliphatic rings. The Balaban J connectivity index is 1.77. The van der Waals surface area contributed by atoms with Crippen molar-refractivity contribution in [3.05, 3.63) is 58.3 Å². The van der Waals surface area contributed by atoms with Crippen molar-refractivity contribution < 1.29 is 13.2 Å². The van der Waals surface area contributed by atoms with Crippen LogP contribution in [0.4, 0.5) is 0 Å². The van der Waals surface area contributed by atoms with Crippen LogP contribution in [0.15, 0.2) is 52.1 Å². The highest BCUT2D eigenvalue weighted by Crippen LogP contribution is 2.21. The summed E-state index contributed by atoms with van der Waals surface area (Å²) >= 11 is 3.30. The summed E-state index contributed by atoms with van der Waals surface area (Å²) in [5.74, 6) is 0.381. The number of nitrogens with zero attached hydrogens (tertiary/aromatic N) is 2. The Morgan fingerprint density at radius 1 is 1.19 bits per heavy atom. The van der Waals surface area contributed by atoms with Gasteiger partial charge in [0.1, 0.15) is 0 Å². The maximum atomic E-state index is 12.7. The minimum absolute atomic E-state index is 0.0766. The number of aromatic nitrogens is 1. The molecule has 0 bridgehead atoms. The largest absolute Gasteiger partial charge is 0.339 e. The van der Waals surface area contributed by atoms with E-state index in [0.717, 1.165) is 30.4 Å². The molecule has 1 aromatic heterocycles. The monoisotopic (exact) mass is 436 g/mol. The van der Waals surface area contributed by atoms with Gasteiger partial charge in [-0.2, -0.15) is 0 Å². The number of benzene rings is 1. The third-order valence-electron chi connectivity index (χ3n) is 4.64. The van der Waals surface area contributed by atoms with Gasteiger partial charge in [-0.05, 0) is 54.7 Å². The van der Waals surface area contributed by atoms with Gasteiger partial charge in [0.2, 0.25) is 0 Å². The summed E-state index contributed by atoms with van der Waals surface area (Å²) in [6, 6.07) is 8.17. The zero-order valence-electron chi connectivity index (χ0n) is 14.6. The van der Waals surface area contributed by atoms with Gasteiger partial charge in [0.05, 0.1) is 16.2 Å². The summed E-state index contributed by atoms with van der Waals surface area (Å²) in [5, 5.41) is 0. The summed E-state index contributed by atoms with van der Waals surface area (Å²) in [6.07, 6.45) is 5.01. The first kappa shape index (κ1) is 19.0. The normalized spacial score (nSPS) is 15.8. The van der Waals surface area contributed by atoms with E-state index in [1.54, 1.807) is 30.3 Å². The van der Waals surface area contributed by atoms with E-state index in [4.69, 9.17) is 0 Å². The van der Waals surface area contributed by atoms with Gasteiger partial charge < -0.3 is 4.90 Å². The average Bonchev–Trinajstić information content (AvgIpc) is 2.62. The molecule has 0 saturated carbocycles. The lowest BCUT2D eigenvalue weighted by Crippen LogP contribution is -2.38. The number of halogens is 1. The quantitative estimate of drug-likeness (QED) is 0.732. The number of piperidine rings is 1. The van der Waals surface area contributed by atoms with Crippen LogP contribution in [-0.2, 0) is 15.6 Å². The fraction of sp³-hybridized carbons (Fsp3) is 0.368. The van der Waals surface area contributed by atoms with Crippen LogP contribution in [0.5, 0.6) is 0 Å². The van der Waals surface area contributed by atoms with Crippen LogP contribution in [0.2, 0.25) is 0 Å². The first-order chi connectivity index (χ1) is 12.3. The zero-order valence-corrected chi connectivity index (χ0v) is 17.0. The van der Waals surface area contributed by atoms with Crippen molar-refractivity contribution >= 4 is 31.7 Å². The van der Waals surface area contributed by atoms with Crippen LogP contribution in [0.1, 0.15) is 35.7 Å². The standard InChI is InChI=1S/C19H21BrN2O3S/c1-14-6-8-22(9-7-14)19(23)16-10-15(11-21-12-16)13-26(24,25)18-4-2-17(20)3-5-18/h2-5,10-12,14H,6-9,13H2,1H3. The second-order valence-electron chi connectivity index (χ2n) is 6.77. The summed E-state index contributed by atoms with van der Waals surface area (Å²) in [4.78, 5) is 18.8. The molecule has 0 unspecified atom stereocenters. The Morgan fingerprint density at radius 2 is 1.85 bits per heavy atom. The van der Waals surface area contributed by atoms with Gasteiger partial charge in [-0.15, -0.1) is 0 Å². The second-order valence-corrected chi connectivity index (χ2v) is 9.67. The number of hydrogen-bond acceptors (Lipinski definition) is 4. The lowest BCUT2D eigenvalue weighted by atomic mass is 9.99. The number of sulfone groups is 1. The van der Waals surface area contributed by atoms with E-state index in [0.29, 0.717) is 17.0 Å². The third kappa shape index (κ3) is 4.51. The predicted molar refractivity (Wildman–Crippen MR) is 104 cm³/mol. The molecule has 0 N–H and O–H groups in total. The Labute approximate surface area is 162 Å². The number of rotatable bonds is 4. The van der Waals surface area contributed by atoms with Crippen molar-refractivity contribution in [2.75, 3.05) is 13.1 Å². The van der Waals surface area contributed by atoms with E-state index in [-0.39, 0.29) is 16.6 Å². The maximum absolute atomic E-state index is 12.7. The molecule has 1 amide bonds. The Kier molecular flexibility index (Phi) is 5.77. The first-order valence-corrected chi connectivity index (χ1v) is 11.0. The van der Waals surface area contributed by atoms with Crippen molar-refractivity contribution in [3.63, 3.8) is 0 Å². The second kappa shape index (κ2) is 7.88. The van der Waals surface area contributed by atoms with Crippen LogP contribution in [0.3, 0.4) is 0 Å². The predicted octanol–water partition coefficient (Wildman–Crippen LogP) is 3.69. The van der Waals surface area contributed by atoms with Crippen LogP contribution in [0, 0.1) is 5.92 Å². The molecule has 0 radical (unpaired) electrons. The van der Waals surface area contributed by atoms with E-state index in [2.05, 4.69) is 27.8 Å². The Morgan fingerprint density at radius 3 is 2.50 bits per heavy atom. The lowest BCUT2D eigenvalue weighted by Gasteiger charge is -2.30. The molecule has 1 saturated heterocycles. The zero-order chi connectivity index (χ0) is 18.7. The Bertz CT molecular complexity index is 889. The van der Waals surface area contributed by atoms with Crippen molar-refractivity contribution in [2.45, 2.75) is 30.4 Å². The average molecular weight is 437 g/mol. The smallest absolute Gasteiger partial charge is 0.255 e. The molecule has 2 aromatic rings. The molecule has 0 aliphatic carbocycles. The molecule has 138 valence electrons. The molecule has 26 heavy (non-hydrogen) atoms. The highest BCUT2D eigenvalue weighted by molar-refractivity contribution is 9.10. The van der Waals surface area contributed by atoms with Gasteiger partial charge in [-0.3, -0.25) is 9.78 Å². The fourth-order valence-electron chi connectivity index (χ4n) is 3.02. The van der Waals surface area contributed by atoms with Crippen LogP contribution in [-0.4, -0.2) is 37.3 Å². The molecular formula is C19H21BrN2O3S. The number of carbonyl (C=O) groups excluding carboxylic acids is 1. The molecule has 0 atom stereocenters. The molecule has 1 aromatic carbocycles. The molecule has 3 rings (SSSR count). The van der Waals surface area contributed by atoms with Crippen molar-refractivity contribution in [1.82, 2.24) is 9.88 Å². The summed E-state index contributed by atoms with van der Waals surface area (Å²) < 4.78 is 26.0. The van der Waals surface area contributed by atoms with E-state index in [1.165, 1.54) is 12.4 Å². The van der Waals surface area contributed by atoms with Gasteiger partial charge in [0, 0.05) is 30.0 Å². The summed E-state index contributed by atoms with van der Waals surface area (Å²) in [7, 11) is -3.49. The van der Waals surface area contributed by atoms with E-state index in [1.807, 2.05) is 4.90 Å². The fourth-order valence-corrected chi connectivity index (χ4v) is 4.60. The van der Waals surface area contributed by atoms with Gasteiger partial charge in [0.25, 0.3) is 5.91 Å². The molecule has 1 aliphatic heterocycles. The number of hydrogen-bond donors (Lipinski definition) is 0. The molecule has 0 spiro atoms. The molecular weight excluding hydrogens is 416 g/mol. The van der Waals surface area contributed by atoms with Crippen molar-refractivity contribution in [1.29, 1.82) is 0 Å². The molecule has 7 heteroatoms. The molecule has 1 fully saturated rings. The number of carbonyl (C=O) groups is 1. The minimum atomic E-state index is -3.49. The van der Waals surface area contributed by atoms with Gasteiger partial charge in [0.15, 0.2) is 9.84 Å². The maximum Gasteiger partial charge on any atom is 0.255 e. The SMILES string of the molecule is CC1CCN(C(=O)c2cncc(CS(=O)(=O)c3ccc(Br)cc3)c2)CC1. The third-order valence-corrected chi connectivity index (χ3v) is 6.87. The van der Waals surface area contributed by atoms with E-state index < -0.39 is 9.84 Å². The topological polar surface area (TPSA) is 67.3 Å². The molecule has 5 nitrogen and oxygen atoms in total. The number of likely N-dealkylation sites (tertiary alicyclic amines) is 1. The van der Waals surface area contributed by atoms with Crippen molar-refractivity contribution in [3.8, 4) is 0 Å². The van der Waals surface area contributed by atoms with Gasteiger partial charge >= 0.3 is 0 Å². The summed E-state index contributed by atoms with van der Waals surface area (Å²) in [5.41, 5.74) is 0.965. The van der Waals surface area contributed by atoms with Crippen molar-refractivity contribution in [2.24, 2.45) is 5.92 Å². The lowest BCUT2D eigenvalue weighted by molar-refractivity contribution is 0.0696. The van der Waals surface area contributed by atoms with E-state index in [9.17, 15) is 13.2 Å². The van der Waals surface area contributed by atoms with E-state index >= 15 is 0 Å². The minimum Gasteiger partial charge on any atom is -0.339 e. The van der Waals surface area contributed by atoms with Crippen LogP contribution >= 0.6 is 15.9 Å². The summed E-state index contributed by atoms with van der Waals surface area (Å²) in [6.45, 7) is 3.67. The number of pyridine rings is 1. The van der Waals surface area contributed by atoms with Gasteiger partial charge in [-0.1, -0.05) is 22.9 Å². The molecule has 2 heterocycles. The highest BCUT2D eigenvalue weighted by atomic mass is 79.9. The highest BCUT2D eigenvalue weighted by Gasteiger charge is 2.22. The van der Waals surface area contributed by atoms with Crippen LogP contribution < -0.4 is 0 Å². The van der Waals surface area contributed by atoms with Gasteiger partial charge in [-0.25, -0.2) is 8.42 Å². The number of amides is 1. The Hall–Kier alpha value is -1.73.